The fourth-order valence-electron chi connectivity index (χ4n) is 4.68. The molecule has 6 rings (SSSR count). The number of hydrogen-bond acceptors (Lipinski definition) is 5. The predicted octanol–water partition coefficient (Wildman–Crippen LogP) is 6.81. The summed E-state index contributed by atoms with van der Waals surface area (Å²) >= 11 is 0. The Morgan fingerprint density at radius 2 is 1.20 bits per heavy atom. The van der Waals surface area contributed by atoms with Crippen LogP contribution in [0.4, 0.5) is 11.4 Å². The summed E-state index contributed by atoms with van der Waals surface area (Å²) in [5.41, 5.74) is 7.09. The average Bonchev–Trinajstić information content (AvgIpc) is 2.88. The van der Waals surface area contributed by atoms with Crippen LogP contribution in [0.25, 0.3) is 0 Å². The summed E-state index contributed by atoms with van der Waals surface area (Å²) in [6, 6.07) is 29.0. The SMILES string of the molecule is Cc1ccc2c(c1)CN(c1ccc(Oc3cccc(N4COc5ccc(C)cc5C4)c3)cc1)CO2. The van der Waals surface area contributed by atoms with Crippen molar-refractivity contribution >= 4 is 11.4 Å². The zero-order chi connectivity index (χ0) is 23.8. The van der Waals surface area contributed by atoms with Crippen molar-refractivity contribution in [2.75, 3.05) is 23.3 Å². The van der Waals surface area contributed by atoms with Crippen LogP contribution >= 0.6 is 0 Å². The first kappa shape index (κ1) is 21.4. The van der Waals surface area contributed by atoms with Crippen LogP contribution in [0, 0.1) is 13.8 Å². The maximum absolute atomic E-state index is 6.20. The van der Waals surface area contributed by atoms with Crippen molar-refractivity contribution in [1.82, 2.24) is 0 Å². The molecule has 5 nitrogen and oxygen atoms in total. The third kappa shape index (κ3) is 4.50. The third-order valence-corrected chi connectivity index (χ3v) is 6.53. The quantitative estimate of drug-likeness (QED) is 0.331. The smallest absolute Gasteiger partial charge is 0.161 e. The van der Waals surface area contributed by atoms with Crippen molar-refractivity contribution in [3.63, 3.8) is 0 Å². The van der Waals surface area contributed by atoms with Crippen molar-refractivity contribution in [2.45, 2.75) is 26.9 Å². The molecule has 2 heterocycles. The van der Waals surface area contributed by atoms with E-state index in [2.05, 4.69) is 84.3 Å². The summed E-state index contributed by atoms with van der Waals surface area (Å²) in [7, 11) is 0. The highest BCUT2D eigenvalue weighted by atomic mass is 16.5. The zero-order valence-corrected chi connectivity index (χ0v) is 20.0. The number of hydrogen-bond donors (Lipinski definition) is 0. The van der Waals surface area contributed by atoms with Crippen LogP contribution in [0.1, 0.15) is 22.3 Å². The summed E-state index contributed by atoms with van der Waals surface area (Å²) < 4.78 is 18.1. The lowest BCUT2D eigenvalue weighted by atomic mass is 10.1. The number of ether oxygens (including phenoxy) is 3. The molecule has 5 heteroatoms. The van der Waals surface area contributed by atoms with E-state index in [1.165, 1.54) is 22.3 Å². The van der Waals surface area contributed by atoms with E-state index in [0.29, 0.717) is 13.5 Å². The van der Waals surface area contributed by atoms with Gasteiger partial charge in [0, 0.05) is 41.7 Å². The molecule has 0 saturated heterocycles. The van der Waals surface area contributed by atoms with Gasteiger partial charge < -0.3 is 24.0 Å². The van der Waals surface area contributed by atoms with Crippen LogP contribution in [0.15, 0.2) is 84.9 Å². The first-order valence-corrected chi connectivity index (χ1v) is 11.9. The third-order valence-electron chi connectivity index (χ3n) is 6.53. The molecular weight excluding hydrogens is 436 g/mol. The average molecular weight is 465 g/mol. The molecule has 0 radical (unpaired) electrons. The Morgan fingerprint density at radius 1 is 0.600 bits per heavy atom. The number of rotatable bonds is 4. The van der Waals surface area contributed by atoms with Gasteiger partial charge in [0.15, 0.2) is 13.5 Å². The van der Waals surface area contributed by atoms with E-state index in [1.807, 2.05) is 24.3 Å². The van der Waals surface area contributed by atoms with E-state index in [0.717, 1.165) is 47.5 Å². The lowest BCUT2D eigenvalue weighted by molar-refractivity contribution is 0.289. The molecule has 0 atom stereocenters. The zero-order valence-electron chi connectivity index (χ0n) is 20.0. The van der Waals surface area contributed by atoms with E-state index in [-0.39, 0.29) is 0 Å². The lowest BCUT2D eigenvalue weighted by Crippen LogP contribution is -2.31. The molecular formula is C30H28N2O3. The van der Waals surface area contributed by atoms with Gasteiger partial charge in [-0.2, -0.15) is 0 Å². The number of fused-ring (bicyclic) bond motifs is 2. The molecule has 0 amide bonds. The molecule has 0 aromatic heterocycles. The second kappa shape index (κ2) is 8.91. The van der Waals surface area contributed by atoms with Crippen molar-refractivity contribution in [3.05, 3.63) is 107 Å². The molecule has 2 aliphatic rings. The highest BCUT2D eigenvalue weighted by molar-refractivity contribution is 5.55. The predicted molar refractivity (Wildman–Crippen MR) is 139 cm³/mol. The molecule has 0 fully saturated rings. The lowest BCUT2D eigenvalue weighted by Gasteiger charge is -2.31. The van der Waals surface area contributed by atoms with E-state index in [9.17, 15) is 0 Å². The van der Waals surface area contributed by atoms with Crippen molar-refractivity contribution in [2.24, 2.45) is 0 Å². The normalized spacial score (nSPS) is 14.5. The maximum atomic E-state index is 6.20. The molecule has 0 saturated carbocycles. The van der Waals surface area contributed by atoms with Crippen LogP contribution in [0.2, 0.25) is 0 Å². The van der Waals surface area contributed by atoms with Crippen LogP contribution in [-0.2, 0) is 13.1 Å². The van der Waals surface area contributed by atoms with Crippen LogP contribution < -0.4 is 24.0 Å². The second-order valence-electron chi connectivity index (χ2n) is 9.26. The molecule has 176 valence electrons. The maximum Gasteiger partial charge on any atom is 0.161 e. The van der Waals surface area contributed by atoms with Gasteiger partial charge in [-0.25, -0.2) is 0 Å². The van der Waals surface area contributed by atoms with E-state index < -0.39 is 0 Å². The van der Waals surface area contributed by atoms with Crippen molar-refractivity contribution in [3.8, 4) is 23.0 Å². The van der Waals surface area contributed by atoms with Crippen LogP contribution in [0.5, 0.6) is 23.0 Å². The van der Waals surface area contributed by atoms with Gasteiger partial charge in [-0.3, -0.25) is 0 Å². The van der Waals surface area contributed by atoms with Gasteiger partial charge in [-0.15, -0.1) is 0 Å². The summed E-state index contributed by atoms with van der Waals surface area (Å²) in [5.74, 6) is 3.55. The molecule has 2 aliphatic heterocycles. The first-order valence-electron chi connectivity index (χ1n) is 11.9. The Bertz CT molecular complexity index is 1370. The van der Waals surface area contributed by atoms with Gasteiger partial charge in [-0.05, 0) is 62.4 Å². The number of anilines is 2. The fraction of sp³-hybridized carbons (Fsp3) is 0.200. The second-order valence-corrected chi connectivity index (χ2v) is 9.26. The minimum Gasteiger partial charge on any atom is -0.473 e. The Hall–Kier alpha value is -4.12. The summed E-state index contributed by atoms with van der Waals surface area (Å²) in [6.07, 6.45) is 0. The standard InChI is InChI=1S/C30H28N2O3/c1-21-6-12-29-23(14-21)17-31(19-33-29)25-8-10-27(11-9-25)35-28-5-3-4-26(16-28)32-18-24-15-22(2)7-13-30(24)34-20-32/h3-16H,17-20H2,1-2H3. The van der Waals surface area contributed by atoms with Gasteiger partial charge in [-0.1, -0.05) is 41.5 Å². The minimum atomic E-state index is 0.523. The number of nitrogens with zero attached hydrogens (tertiary/aromatic N) is 2. The van der Waals surface area contributed by atoms with E-state index in [4.69, 9.17) is 14.2 Å². The minimum absolute atomic E-state index is 0.523. The van der Waals surface area contributed by atoms with Gasteiger partial charge in [0.2, 0.25) is 0 Å². The molecule has 0 bridgehead atoms. The highest BCUT2D eigenvalue weighted by Crippen LogP contribution is 2.33. The molecule has 0 N–H and O–H groups in total. The van der Waals surface area contributed by atoms with Crippen LogP contribution in [-0.4, -0.2) is 13.5 Å². The molecule has 4 aromatic rings. The Balaban J connectivity index is 1.14. The molecule has 0 unspecified atom stereocenters. The number of aryl methyl sites for hydroxylation is 2. The molecule has 0 aliphatic carbocycles. The van der Waals surface area contributed by atoms with Gasteiger partial charge in [0.05, 0.1) is 0 Å². The van der Waals surface area contributed by atoms with Crippen molar-refractivity contribution < 1.29 is 14.2 Å². The monoisotopic (exact) mass is 464 g/mol. The van der Waals surface area contributed by atoms with E-state index >= 15 is 0 Å². The van der Waals surface area contributed by atoms with Gasteiger partial charge in [0.25, 0.3) is 0 Å². The summed E-state index contributed by atoms with van der Waals surface area (Å²) in [6.45, 7) is 6.93. The van der Waals surface area contributed by atoms with Gasteiger partial charge >= 0.3 is 0 Å². The first-order chi connectivity index (χ1) is 17.1. The highest BCUT2D eigenvalue weighted by Gasteiger charge is 2.19. The Morgan fingerprint density at radius 3 is 1.83 bits per heavy atom. The van der Waals surface area contributed by atoms with Crippen molar-refractivity contribution in [1.29, 1.82) is 0 Å². The fourth-order valence-corrected chi connectivity index (χ4v) is 4.68. The Kier molecular flexibility index (Phi) is 5.45. The topological polar surface area (TPSA) is 34.2 Å². The van der Waals surface area contributed by atoms with Crippen LogP contribution in [0.3, 0.4) is 0 Å². The summed E-state index contributed by atoms with van der Waals surface area (Å²) in [4.78, 5) is 4.44. The largest absolute Gasteiger partial charge is 0.473 e. The van der Waals surface area contributed by atoms with Gasteiger partial charge in [0.1, 0.15) is 23.0 Å². The Labute approximate surface area is 206 Å². The molecule has 35 heavy (non-hydrogen) atoms. The molecule has 0 spiro atoms. The number of benzene rings is 4. The summed E-state index contributed by atoms with van der Waals surface area (Å²) in [5, 5.41) is 0. The van der Waals surface area contributed by atoms with E-state index in [1.54, 1.807) is 0 Å². The molecule has 4 aromatic carbocycles.